The summed E-state index contributed by atoms with van der Waals surface area (Å²) in [6, 6.07) is 5.47. The van der Waals surface area contributed by atoms with Gasteiger partial charge in [0.25, 0.3) is 0 Å². The third-order valence-electron chi connectivity index (χ3n) is 3.12. The Bertz CT molecular complexity index is 408. The monoisotopic (exact) mass is 266 g/mol. The van der Waals surface area contributed by atoms with Gasteiger partial charge in [-0.3, -0.25) is 0 Å². The van der Waals surface area contributed by atoms with Crippen LogP contribution in [0.4, 0.5) is 10.1 Å². The van der Waals surface area contributed by atoms with Gasteiger partial charge in [0.15, 0.2) is 0 Å². The van der Waals surface area contributed by atoms with Crippen LogP contribution in [0.15, 0.2) is 18.2 Å². The molecule has 0 saturated carbocycles. The fourth-order valence-corrected chi connectivity index (χ4v) is 2.15. The third-order valence-corrected chi connectivity index (χ3v) is 3.12. The average molecular weight is 266 g/mol. The van der Waals surface area contributed by atoms with Crippen molar-refractivity contribution in [1.82, 2.24) is 5.32 Å². The zero-order valence-electron chi connectivity index (χ0n) is 13.0. The number of hydrogen-bond acceptors (Lipinski definition) is 2. The lowest BCUT2D eigenvalue weighted by atomic mass is 10.1. The van der Waals surface area contributed by atoms with Gasteiger partial charge in [-0.15, -0.1) is 0 Å². The van der Waals surface area contributed by atoms with Crippen molar-refractivity contribution in [3.05, 3.63) is 29.6 Å². The van der Waals surface area contributed by atoms with E-state index in [1.807, 2.05) is 6.07 Å². The predicted octanol–water partition coefficient (Wildman–Crippen LogP) is 3.95. The summed E-state index contributed by atoms with van der Waals surface area (Å²) >= 11 is 0. The summed E-state index contributed by atoms with van der Waals surface area (Å²) < 4.78 is 13.5. The Balaban J connectivity index is 3.03. The van der Waals surface area contributed by atoms with Crippen LogP contribution in [0, 0.1) is 5.82 Å². The Morgan fingerprint density at radius 1 is 1.26 bits per heavy atom. The molecule has 3 heteroatoms. The molecule has 0 spiro atoms. The van der Waals surface area contributed by atoms with E-state index < -0.39 is 0 Å². The van der Waals surface area contributed by atoms with Crippen LogP contribution >= 0.6 is 0 Å². The van der Waals surface area contributed by atoms with Crippen molar-refractivity contribution in [3.8, 4) is 0 Å². The summed E-state index contributed by atoms with van der Waals surface area (Å²) in [5, 5.41) is 3.43. The molecule has 1 aromatic rings. The Hall–Kier alpha value is -1.09. The Morgan fingerprint density at radius 3 is 2.37 bits per heavy atom. The Kier molecular flexibility index (Phi) is 5.36. The van der Waals surface area contributed by atoms with Crippen molar-refractivity contribution in [1.29, 1.82) is 0 Å². The van der Waals surface area contributed by atoms with E-state index in [2.05, 4.69) is 51.8 Å². The number of nitrogens with one attached hydrogen (secondary N) is 1. The summed E-state index contributed by atoms with van der Waals surface area (Å²) in [6.45, 7) is 14.4. The van der Waals surface area contributed by atoms with Gasteiger partial charge < -0.3 is 10.2 Å². The maximum atomic E-state index is 13.5. The molecule has 0 unspecified atom stereocenters. The van der Waals surface area contributed by atoms with E-state index in [0.29, 0.717) is 12.6 Å². The second-order valence-corrected chi connectivity index (χ2v) is 6.26. The molecule has 108 valence electrons. The van der Waals surface area contributed by atoms with E-state index in [1.165, 1.54) is 0 Å². The smallest absolute Gasteiger partial charge is 0.123 e. The molecule has 0 aromatic heterocycles. The summed E-state index contributed by atoms with van der Waals surface area (Å²) in [7, 11) is 0. The molecule has 0 fully saturated rings. The summed E-state index contributed by atoms with van der Waals surface area (Å²) in [5.41, 5.74) is 2.17. The quantitative estimate of drug-likeness (QED) is 0.868. The van der Waals surface area contributed by atoms with E-state index in [-0.39, 0.29) is 11.4 Å². The lowest BCUT2D eigenvalue weighted by molar-refractivity contribution is 0.423. The third kappa shape index (κ3) is 4.83. The van der Waals surface area contributed by atoms with Crippen molar-refractivity contribution < 1.29 is 4.39 Å². The first-order valence-corrected chi connectivity index (χ1v) is 7.04. The van der Waals surface area contributed by atoms with Gasteiger partial charge in [-0.1, -0.05) is 0 Å². The number of nitrogens with zero attached hydrogens (tertiary/aromatic N) is 1. The number of halogens is 1. The van der Waals surface area contributed by atoms with Gasteiger partial charge in [-0.05, 0) is 65.3 Å². The molecule has 1 rings (SSSR count). The predicted molar refractivity (Wildman–Crippen MR) is 81.1 cm³/mol. The lowest BCUT2D eigenvalue weighted by Gasteiger charge is -2.31. The zero-order chi connectivity index (χ0) is 14.6. The SMILES string of the molecule is CCN(c1ccc(F)cc1CNC(C)(C)C)C(C)C. The van der Waals surface area contributed by atoms with Gasteiger partial charge in [0.1, 0.15) is 5.82 Å². The molecule has 0 atom stereocenters. The van der Waals surface area contributed by atoms with Crippen molar-refractivity contribution in [3.63, 3.8) is 0 Å². The second-order valence-electron chi connectivity index (χ2n) is 6.26. The van der Waals surface area contributed by atoms with Crippen molar-refractivity contribution in [2.24, 2.45) is 0 Å². The fourth-order valence-electron chi connectivity index (χ4n) is 2.15. The van der Waals surface area contributed by atoms with Crippen molar-refractivity contribution in [2.45, 2.75) is 59.7 Å². The molecular weight excluding hydrogens is 239 g/mol. The molecule has 1 N–H and O–H groups in total. The van der Waals surface area contributed by atoms with Crippen molar-refractivity contribution in [2.75, 3.05) is 11.4 Å². The van der Waals surface area contributed by atoms with Gasteiger partial charge in [0.05, 0.1) is 0 Å². The minimum Gasteiger partial charge on any atom is -0.369 e. The molecule has 0 radical (unpaired) electrons. The van der Waals surface area contributed by atoms with Crippen LogP contribution in [-0.4, -0.2) is 18.1 Å². The van der Waals surface area contributed by atoms with E-state index >= 15 is 0 Å². The zero-order valence-corrected chi connectivity index (χ0v) is 13.0. The van der Waals surface area contributed by atoms with Crippen molar-refractivity contribution >= 4 is 5.69 Å². The van der Waals surface area contributed by atoms with Gasteiger partial charge in [0, 0.05) is 30.4 Å². The molecule has 0 heterocycles. The highest BCUT2D eigenvalue weighted by Crippen LogP contribution is 2.24. The summed E-state index contributed by atoms with van der Waals surface area (Å²) in [4.78, 5) is 2.29. The Labute approximate surface area is 117 Å². The second kappa shape index (κ2) is 6.38. The highest BCUT2D eigenvalue weighted by atomic mass is 19.1. The molecule has 0 saturated heterocycles. The van der Waals surface area contributed by atoms with Crippen LogP contribution in [0.5, 0.6) is 0 Å². The lowest BCUT2D eigenvalue weighted by Crippen LogP contribution is -2.36. The normalized spacial score (nSPS) is 12.0. The van der Waals surface area contributed by atoms with E-state index in [0.717, 1.165) is 17.8 Å². The molecule has 19 heavy (non-hydrogen) atoms. The number of anilines is 1. The summed E-state index contributed by atoms with van der Waals surface area (Å²) in [6.07, 6.45) is 0. The van der Waals surface area contributed by atoms with Crippen LogP contribution in [0.1, 0.15) is 47.1 Å². The molecule has 0 aliphatic heterocycles. The van der Waals surface area contributed by atoms with Gasteiger partial charge >= 0.3 is 0 Å². The van der Waals surface area contributed by atoms with Gasteiger partial charge in [0.2, 0.25) is 0 Å². The minimum absolute atomic E-state index is 0.0263. The van der Waals surface area contributed by atoms with Crippen LogP contribution in [0.3, 0.4) is 0 Å². The first-order valence-electron chi connectivity index (χ1n) is 7.04. The number of benzene rings is 1. The molecular formula is C16H27FN2. The van der Waals surface area contributed by atoms with Gasteiger partial charge in [-0.2, -0.15) is 0 Å². The fraction of sp³-hybridized carbons (Fsp3) is 0.625. The average Bonchev–Trinajstić information content (AvgIpc) is 2.28. The highest BCUT2D eigenvalue weighted by Gasteiger charge is 2.15. The maximum Gasteiger partial charge on any atom is 0.123 e. The topological polar surface area (TPSA) is 15.3 Å². The maximum absolute atomic E-state index is 13.5. The van der Waals surface area contributed by atoms with E-state index in [1.54, 1.807) is 12.1 Å². The van der Waals surface area contributed by atoms with E-state index in [9.17, 15) is 4.39 Å². The molecule has 2 nitrogen and oxygen atoms in total. The molecule has 0 aliphatic carbocycles. The molecule has 0 amide bonds. The van der Waals surface area contributed by atoms with Gasteiger partial charge in [-0.25, -0.2) is 4.39 Å². The number of rotatable bonds is 5. The highest BCUT2D eigenvalue weighted by molar-refractivity contribution is 5.54. The van der Waals surface area contributed by atoms with Crippen LogP contribution in [-0.2, 0) is 6.54 Å². The van der Waals surface area contributed by atoms with Crippen LogP contribution in [0.25, 0.3) is 0 Å². The van der Waals surface area contributed by atoms with Crippen LogP contribution < -0.4 is 10.2 Å². The molecule has 0 bridgehead atoms. The summed E-state index contributed by atoms with van der Waals surface area (Å²) in [5.74, 6) is -0.172. The molecule has 1 aromatic carbocycles. The molecule has 0 aliphatic rings. The first kappa shape index (κ1) is 16.0. The van der Waals surface area contributed by atoms with Crippen LogP contribution in [0.2, 0.25) is 0 Å². The largest absolute Gasteiger partial charge is 0.369 e. The standard InChI is InChI=1S/C16H27FN2/c1-7-19(12(2)3)15-9-8-14(17)10-13(15)11-18-16(4,5)6/h8-10,12,18H,7,11H2,1-6H3. The first-order chi connectivity index (χ1) is 8.74. The van der Waals surface area contributed by atoms with E-state index in [4.69, 9.17) is 0 Å². The minimum atomic E-state index is -0.172. The Morgan fingerprint density at radius 2 is 1.89 bits per heavy atom. The number of hydrogen-bond donors (Lipinski definition) is 1.